The van der Waals surface area contributed by atoms with E-state index in [0.29, 0.717) is 48.1 Å². The van der Waals surface area contributed by atoms with Crippen LogP contribution in [0.5, 0.6) is 0 Å². The van der Waals surface area contributed by atoms with Crippen LogP contribution in [0.3, 0.4) is 0 Å². The summed E-state index contributed by atoms with van der Waals surface area (Å²) in [6.45, 7) is 10.1. The summed E-state index contributed by atoms with van der Waals surface area (Å²) in [5, 5.41) is 3.14. The maximum atomic E-state index is 12.6. The molecule has 3 rings (SSSR count). The van der Waals surface area contributed by atoms with Gasteiger partial charge in [0, 0.05) is 29.8 Å². The summed E-state index contributed by atoms with van der Waals surface area (Å²) in [5.41, 5.74) is 2.66. The maximum Gasteiger partial charge on any atom is 0.234 e. The van der Waals surface area contributed by atoms with Gasteiger partial charge >= 0.3 is 0 Å². The molecule has 172 valence electrons. The zero-order valence-corrected chi connectivity index (χ0v) is 20.0. The standard InChI is InChI=1S/C28H38N2O2/c1-20(18-29-27(31)19-30-22(3)9-8-10-23(30)4)17-21(2)24-13-15-26(16-14-24)28(32)25-11-6-5-7-12-25/h5-7,11-16,20-23H,8-10,17-19H2,1-4H3,(H,29,31). The van der Waals surface area contributed by atoms with E-state index in [-0.39, 0.29) is 11.7 Å². The summed E-state index contributed by atoms with van der Waals surface area (Å²) in [6, 6.07) is 18.3. The second kappa shape index (κ2) is 11.4. The van der Waals surface area contributed by atoms with Gasteiger partial charge in [-0.25, -0.2) is 0 Å². The molecule has 4 atom stereocenters. The first-order chi connectivity index (χ1) is 15.3. The van der Waals surface area contributed by atoms with Crippen LogP contribution in [0.25, 0.3) is 0 Å². The fourth-order valence-corrected chi connectivity index (χ4v) is 4.84. The summed E-state index contributed by atoms with van der Waals surface area (Å²) in [5.74, 6) is 0.938. The van der Waals surface area contributed by atoms with Crippen LogP contribution in [0.2, 0.25) is 0 Å². The van der Waals surface area contributed by atoms with Crippen LogP contribution in [0, 0.1) is 5.92 Å². The van der Waals surface area contributed by atoms with Crippen molar-refractivity contribution in [2.75, 3.05) is 13.1 Å². The van der Waals surface area contributed by atoms with Crippen molar-refractivity contribution in [1.82, 2.24) is 10.2 Å². The lowest BCUT2D eigenvalue weighted by molar-refractivity contribution is -0.124. The molecule has 1 amide bonds. The molecule has 0 aromatic heterocycles. The Morgan fingerprint density at radius 1 is 0.938 bits per heavy atom. The van der Waals surface area contributed by atoms with Gasteiger partial charge in [0.2, 0.25) is 5.91 Å². The van der Waals surface area contributed by atoms with E-state index >= 15 is 0 Å². The first-order valence-corrected chi connectivity index (χ1v) is 12.1. The van der Waals surface area contributed by atoms with Gasteiger partial charge < -0.3 is 5.32 Å². The van der Waals surface area contributed by atoms with E-state index in [1.807, 2.05) is 42.5 Å². The van der Waals surface area contributed by atoms with E-state index < -0.39 is 0 Å². The predicted molar refractivity (Wildman–Crippen MR) is 131 cm³/mol. The lowest BCUT2D eigenvalue weighted by Crippen LogP contribution is -2.49. The fraction of sp³-hybridized carbons (Fsp3) is 0.500. The van der Waals surface area contributed by atoms with Crippen LogP contribution in [-0.4, -0.2) is 41.8 Å². The highest BCUT2D eigenvalue weighted by molar-refractivity contribution is 6.08. The minimum atomic E-state index is 0.0539. The molecule has 32 heavy (non-hydrogen) atoms. The van der Waals surface area contributed by atoms with Crippen LogP contribution >= 0.6 is 0 Å². The molecule has 2 aromatic rings. The third-order valence-corrected chi connectivity index (χ3v) is 6.88. The average Bonchev–Trinajstić information content (AvgIpc) is 2.80. The summed E-state index contributed by atoms with van der Waals surface area (Å²) in [7, 11) is 0. The molecule has 0 saturated carbocycles. The molecule has 2 aromatic carbocycles. The van der Waals surface area contributed by atoms with Crippen LogP contribution in [0.4, 0.5) is 0 Å². The van der Waals surface area contributed by atoms with Gasteiger partial charge in [0.15, 0.2) is 5.78 Å². The first kappa shape index (κ1) is 24.2. The number of hydrogen-bond donors (Lipinski definition) is 1. The largest absolute Gasteiger partial charge is 0.355 e. The van der Waals surface area contributed by atoms with Gasteiger partial charge in [0.05, 0.1) is 6.54 Å². The third kappa shape index (κ3) is 6.52. The lowest BCUT2D eigenvalue weighted by atomic mass is 9.90. The number of benzene rings is 2. The van der Waals surface area contributed by atoms with Crippen molar-refractivity contribution in [2.24, 2.45) is 5.92 Å². The third-order valence-electron chi connectivity index (χ3n) is 6.88. The zero-order valence-electron chi connectivity index (χ0n) is 20.0. The number of piperidine rings is 1. The summed E-state index contributed by atoms with van der Waals surface area (Å²) >= 11 is 0. The Morgan fingerprint density at radius 2 is 1.53 bits per heavy atom. The minimum absolute atomic E-state index is 0.0539. The Balaban J connectivity index is 1.46. The Hall–Kier alpha value is -2.46. The molecule has 1 N–H and O–H groups in total. The Kier molecular flexibility index (Phi) is 8.63. The topological polar surface area (TPSA) is 49.4 Å². The second-order valence-corrected chi connectivity index (χ2v) is 9.66. The fourth-order valence-electron chi connectivity index (χ4n) is 4.84. The SMILES string of the molecule is CC(CNC(=O)CN1C(C)CCCC1C)CC(C)c1ccc(C(=O)c2ccccc2)cc1. The summed E-state index contributed by atoms with van der Waals surface area (Å²) < 4.78 is 0. The number of likely N-dealkylation sites (tertiary alicyclic amines) is 1. The normalized spacial score (nSPS) is 21.0. The molecular weight excluding hydrogens is 396 g/mol. The van der Waals surface area contributed by atoms with E-state index in [9.17, 15) is 9.59 Å². The van der Waals surface area contributed by atoms with Crippen molar-refractivity contribution in [2.45, 2.75) is 71.4 Å². The van der Waals surface area contributed by atoms with Gasteiger partial charge in [-0.1, -0.05) is 74.9 Å². The number of carbonyl (C=O) groups is 2. The molecule has 0 radical (unpaired) electrons. The molecule has 1 aliphatic rings. The number of hydrogen-bond acceptors (Lipinski definition) is 3. The molecule has 4 heteroatoms. The van der Waals surface area contributed by atoms with Gasteiger partial charge in [0.1, 0.15) is 0 Å². The van der Waals surface area contributed by atoms with E-state index in [4.69, 9.17) is 0 Å². The van der Waals surface area contributed by atoms with Gasteiger partial charge in [0.25, 0.3) is 0 Å². The smallest absolute Gasteiger partial charge is 0.234 e. The number of carbonyl (C=O) groups excluding carboxylic acids is 2. The van der Waals surface area contributed by atoms with Gasteiger partial charge in [-0.15, -0.1) is 0 Å². The van der Waals surface area contributed by atoms with E-state index in [1.54, 1.807) is 0 Å². The number of amides is 1. The van der Waals surface area contributed by atoms with Crippen molar-refractivity contribution in [3.63, 3.8) is 0 Å². The van der Waals surface area contributed by atoms with Gasteiger partial charge in [-0.05, 0) is 50.5 Å². The molecule has 4 nitrogen and oxygen atoms in total. The van der Waals surface area contributed by atoms with Crippen molar-refractivity contribution in [3.05, 3.63) is 71.3 Å². The van der Waals surface area contributed by atoms with E-state index in [1.165, 1.54) is 24.8 Å². The average molecular weight is 435 g/mol. The zero-order chi connectivity index (χ0) is 23.1. The van der Waals surface area contributed by atoms with Crippen molar-refractivity contribution >= 4 is 11.7 Å². The summed E-state index contributed by atoms with van der Waals surface area (Å²) in [6.07, 6.45) is 4.61. The van der Waals surface area contributed by atoms with Gasteiger partial charge in [-0.2, -0.15) is 0 Å². The van der Waals surface area contributed by atoms with Crippen LogP contribution in [0.15, 0.2) is 54.6 Å². The van der Waals surface area contributed by atoms with Crippen molar-refractivity contribution in [1.29, 1.82) is 0 Å². The Bertz CT molecular complexity index is 868. The van der Waals surface area contributed by atoms with Crippen molar-refractivity contribution < 1.29 is 9.59 Å². The second-order valence-electron chi connectivity index (χ2n) is 9.66. The van der Waals surface area contributed by atoms with Crippen LogP contribution in [0.1, 0.15) is 80.8 Å². The quantitative estimate of drug-likeness (QED) is 0.536. The predicted octanol–water partition coefficient (Wildman–Crippen LogP) is 5.43. The lowest BCUT2D eigenvalue weighted by Gasteiger charge is -2.38. The summed E-state index contributed by atoms with van der Waals surface area (Å²) in [4.78, 5) is 27.4. The highest BCUT2D eigenvalue weighted by Gasteiger charge is 2.26. The van der Waals surface area contributed by atoms with E-state index in [0.717, 1.165) is 6.42 Å². The first-order valence-electron chi connectivity index (χ1n) is 12.1. The van der Waals surface area contributed by atoms with Crippen molar-refractivity contribution in [3.8, 4) is 0 Å². The number of rotatable bonds is 9. The highest BCUT2D eigenvalue weighted by Crippen LogP contribution is 2.24. The Labute approximate surface area is 193 Å². The minimum Gasteiger partial charge on any atom is -0.355 e. The van der Waals surface area contributed by atoms with Gasteiger partial charge in [-0.3, -0.25) is 14.5 Å². The monoisotopic (exact) mass is 434 g/mol. The molecule has 1 heterocycles. The molecule has 1 fully saturated rings. The highest BCUT2D eigenvalue weighted by atomic mass is 16.2. The maximum absolute atomic E-state index is 12.6. The number of ketones is 1. The molecule has 0 aliphatic carbocycles. The van der Waals surface area contributed by atoms with E-state index in [2.05, 4.69) is 50.0 Å². The molecule has 0 spiro atoms. The molecule has 0 bridgehead atoms. The molecule has 1 saturated heterocycles. The van der Waals surface area contributed by atoms with Crippen LogP contribution in [-0.2, 0) is 4.79 Å². The molecule has 1 aliphatic heterocycles. The molecule has 4 unspecified atom stereocenters. The number of nitrogens with zero attached hydrogens (tertiary/aromatic N) is 1. The molecular formula is C28H38N2O2. The Morgan fingerprint density at radius 3 is 2.16 bits per heavy atom. The number of nitrogens with one attached hydrogen (secondary N) is 1. The van der Waals surface area contributed by atoms with Crippen LogP contribution < -0.4 is 5.32 Å².